The van der Waals surface area contributed by atoms with Crippen molar-refractivity contribution in [3.63, 3.8) is 0 Å². The summed E-state index contributed by atoms with van der Waals surface area (Å²) >= 11 is 5.04. The van der Waals surface area contributed by atoms with Crippen LogP contribution in [0.15, 0.2) is 51.8 Å². The lowest BCUT2D eigenvalue weighted by Crippen LogP contribution is -2.19. The molecule has 3 nitrogen and oxygen atoms in total. The third-order valence-electron chi connectivity index (χ3n) is 2.76. The second-order valence-corrected chi connectivity index (χ2v) is 6.07. The zero-order valence-corrected chi connectivity index (χ0v) is 13.6. The van der Waals surface area contributed by atoms with Crippen LogP contribution in [-0.2, 0) is 0 Å². The number of anilines is 2. The summed E-state index contributed by atoms with van der Waals surface area (Å²) in [7, 11) is 0. The van der Waals surface area contributed by atoms with Gasteiger partial charge in [0.15, 0.2) is 0 Å². The largest absolute Gasteiger partial charge is 0.323 e. The van der Waals surface area contributed by atoms with E-state index in [-0.39, 0.29) is 6.03 Å². The highest BCUT2D eigenvalue weighted by molar-refractivity contribution is 9.10. The monoisotopic (exact) mass is 350 g/mol. The summed E-state index contributed by atoms with van der Waals surface area (Å²) < 4.78 is 0.994. The van der Waals surface area contributed by atoms with Crippen LogP contribution < -0.4 is 10.6 Å². The average molecular weight is 351 g/mol. The predicted molar refractivity (Wildman–Crippen MR) is 89.7 cm³/mol. The van der Waals surface area contributed by atoms with Crippen LogP contribution in [0.5, 0.6) is 0 Å². The number of hydrogen-bond acceptors (Lipinski definition) is 2. The Balaban J connectivity index is 2.05. The number of rotatable bonds is 3. The van der Waals surface area contributed by atoms with E-state index in [4.69, 9.17) is 0 Å². The van der Waals surface area contributed by atoms with Crippen molar-refractivity contribution >= 4 is 45.1 Å². The van der Waals surface area contributed by atoms with Crippen molar-refractivity contribution in [2.75, 3.05) is 16.9 Å². The molecule has 104 valence electrons. The molecule has 0 aromatic heterocycles. The van der Waals surface area contributed by atoms with E-state index >= 15 is 0 Å². The van der Waals surface area contributed by atoms with E-state index in [0.717, 1.165) is 26.3 Å². The standard InChI is InChI=1S/C15H15BrN2OS/c1-10-8-11(16)6-7-14(10)18-15(19)17-12-4-3-5-13(9-12)20-2/h3-9H,1-2H3,(H2,17,18,19). The van der Waals surface area contributed by atoms with Gasteiger partial charge in [-0.15, -0.1) is 11.8 Å². The lowest BCUT2D eigenvalue weighted by molar-refractivity contribution is 0.262. The molecule has 0 aliphatic rings. The molecule has 0 saturated carbocycles. The summed E-state index contributed by atoms with van der Waals surface area (Å²) in [6, 6.07) is 13.2. The molecule has 0 aliphatic carbocycles. The third kappa shape index (κ3) is 4.02. The molecule has 0 atom stereocenters. The van der Waals surface area contributed by atoms with E-state index in [1.807, 2.05) is 55.6 Å². The Kier molecular flexibility index (Phi) is 5.09. The highest BCUT2D eigenvalue weighted by atomic mass is 79.9. The molecule has 2 aromatic carbocycles. The second-order valence-electron chi connectivity index (χ2n) is 4.27. The number of thioether (sulfide) groups is 1. The minimum absolute atomic E-state index is 0.242. The van der Waals surface area contributed by atoms with Gasteiger partial charge in [-0.3, -0.25) is 0 Å². The first kappa shape index (κ1) is 14.9. The molecule has 0 spiro atoms. The summed E-state index contributed by atoms with van der Waals surface area (Å²) in [5.74, 6) is 0. The number of nitrogens with one attached hydrogen (secondary N) is 2. The van der Waals surface area contributed by atoms with E-state index in [1.165, 1.54) is 0 Å². The molecule has 0 heterocycles. The lowest BCUT2D eigenvalue weighted by Gasteiger charge is -2.10. The Morgan fingerprint density at radius 1 is 1.15 bits per heavy atom. The highest BCUT2D eigenvalue weighted by Gasteiger charge is 2.05. The number of carbonyl (C=O) groups is 1. The maximum absolute atomic E-state index is 12.0. The fraction of sp³-hybridized carbons (Fsp3) is 0.133. The number of hydrogen-bond donors (Lipinski definition) is 2. The predicted octanol–water partition coefficient (Wildman–Crippen LogP) is 5.12. The molecule has 0 bridgehead atoms. The van der Waals surface area contributed by atoms with Gasteiger partial charge < -0.3 is 10.6 Å². The summed E-state index contributed by atoms with van der Waals surface area (Å²) in [5, 5.41) is 5.68. The number of halogens is 1. The van der Waals surface area contributed by atoms with Crippen LogP contribution in [0.4, 0.5) is 16.2 Å². The van der Waals surface area contributed by atoms with Gasteiger partial charge in [0.1, 0.15) is 0 Å². The third-order valence-corrected chi connectivity index (χ3v) is 3.98. The van der Waals surface area contributed by atoms with Crippen molar-refractivity contribution in [2.45, 2.75) is 11.8 Å². The van der Waals surface area contributed by atoms with Gasteiger partial charge in [0, 0.05) is 20.7 Å². The minimum Gasteiger partial charge on any atom is -0.308 e. The molecule has 0 radical (unpaired) electrons. The second kappa shape index (κ2) is 6.81. The van der Waals surface area contributed by atoms with E-state index < -0.39 is 0 Å². The minimum atomic E-state index is -0.242. The lowest BCUT2D eigenvalue weighted by atomic mass is 10.2. The SMILES string of the molecule is CSc1cccc(NC(=O)Nc2ccc(Br)cc2C)c1. The zero-order valence-electron chi connectivity index (χ0n) is 11.2. The van der Waals surface area contributed by atoms with Gasteiger partial charge in [0.05, 0.1) is 0 Å². The first-order valence-electron chi connectivity index (χ1n) is 6.06. The van der Waals surface area contributed by atoms with Crippen LogP contribution >= 0.6 is 27.7 Å². The first-order valence-corrected chi connectivity index (χ1v) is 8.08. The number of amides is 2. The number of benzene rings is 2. The molecule has 0 unspecified atom stereocenters. The molecular formula is C15H15BrN2OS. The molecule has 2 rings (SSSR count). The van der Waals surface area contributed by atoms with E-state index in [9.17, 15) is 4.79 Å². The van der Waals surface area contributed by atoms with Crippen LogP contribution in [0.1, 0.15) is 5.56 Å². The Hall–Kier alpha value is -1.46. The van der Waals surface area contributed by atoms with Gasteiger partial charge in [0.25, 0.3) is 0 Å². The molecular weight excluding hydrogens is 336 g/mol. The summed E-state index contributed by atoms with van der Waals surface area (Å²) in [5.41, 5.74) is 2.59. The Morgan fingerprint density at radius 2 is 1.95 bits per heavy atom. The van der Waals surface area contributed by atoms with Gasteiger partial charge in [0.2, 0.25) is 0 Å². The van der Waals surface area contributed by atoms with Crippen LogP contribution in [0, 0.1) is 6.92 Å². The normalized spacial score (nSPS) is 10.2. The average Bonchev–Trinajstić information content (AvgIpc) is 2.42. The molecule has 2 amide bonds. The molecule has 0 saturated heterocycles. The zero-order chi connectivity index (χ0) is 14.5. The number of carbonyl (C=O) groups excluding carboxylic acids is 1. The number of aryl methyl sites for hydroxylation is 1. The van der Waals surface area contributed by atoms with Crippen LogP contribution in [0.25, 0.3) is 0 Å². The Morgan fingerprint density at radius 3 is 2.65 bits per heavy atom. The van der Waals surface area contributed by atoms with Gasteiger partial charge in [-0.05, 0) is 55.1 Å². The van der Waals surface area contributed by atoms with Crippen LogP contribution in [0.3, 0.4) is 0 Å². The summed E-state index contributed by atoms with van der Waals surface area (Å²) in [6.07, 6.45) is 2.00. The smallest absolute Gasteiger partial charge is 0.308 e. The summed E-state index contributed by atoms with van der Waals surface area (Å²) in [4.78, 5) is 13.1. The van der Waals surface area contributed by atoms with Crippen molar-refractivity contribution in [3.8, 4) is 0 Å². The maximum Gasteiger partial charge on any atom is 0.323 e. The molecule has 2 aromatic rings. The molecule has 20 heavy (non-hydrogen) atoms. The fourth-order valence-corrected chi connectivity index (χ4v) is 2.69. The number of urea groups is 1. The molecule has 0 aliphatic heterocycles. The van der Waals surface area contributed by atoms with Crippen molar-refractivity contribution < 1.29 is 4.79 Å². The van der Waals surface area contributed by atoms with Gasteiger partial charge in [-0.2, -0.15) is 0 Å². The van der Waals surface area contributed by atoms with Gasteiger partial charge in [-0.25, -0.2) is 4.79 Å². The van der Waals surface area contributed by atoms with E-state index in [1.54, 1.807) is 11.8 Å². The van der Waals surface area contributed by atoms with E-state index in [0.29, 0.717) is 0 Å². The Labute approximate surface area is 131 Å². The summed E-state index contributed by atoms with van der Waals surface area (Å²) in [6.45, 7) is 1.95. The quantitative estimate of drug-likeness (QED) is 0.754. The van der Waals surface area contributed by atoms with E-state index in [2.05, 4.69) is 26.6 Å². The van der Waals surface area contributed by atoms with Crippen LogP contribution in [0.2, 0.25) is 0 Å². The van der Waals surface area contributed by atoms with Gasteiger partial charge >= 0.3 is 6.03 Å². The fourth-order valence-electron chi connectivity index (χ4n) is 1.75. The van der Waals surface area contributed by atoms with Crippen molar-refractivity contribution in [1.82, 2.24) is 0 Å². The maximum atomic E-state index is 12.0. The molecule has 0 fully saturated rings. The first-order chi connectivity index (χ1) is 9.58. The van der Waals surface area contributed by atoms with Gasteiger partial charge in [-0.1, -0.05) is 22.0 Å². The van der Waals surface area contributed by atoms with Crippen LogP contribution in [-0.4, -0.2) is 12.3 Å². The topological polar surface area (TPSA) is 41.1 Å². The van der Waals surface area contributed by atoms with Crippen molar-refractivity contribution in [3.05, 3.63) is 52.5 Å². The molecule has 5 heteroatoms. The van der Waals surface area contributed by atoms with Crippen molar-refractivity contribution in [1.29, 1.82) is 0 Å². The molecule has 2 N–H and O–H groups in total. The Bertz CT molecular complexity index is 631. The van der Waals surface area contributed by atoms with Crippen molar-refractivity contribution in [2.24, 2.45) is 0 Å². The highest BCUT2D eigenvalue weighted by Crippen LogP contribution is 2.21.